The molecule has 0 atom stereocenters. The third-order valence-corrected chi connectivity index (χ3v) is 4.82. The molecule has 0 spiro atoms. The van der Waals surface area contributed by atoms with Gasteiger partial charge >= 0.3 is 0 Å². The van der Waals surface area contributed by atoms with Crippen molar-refractivity contribution in [1.82, 2.24) is 9.80 Å². The number of halogens is 3. The number of nitrogens with two attached hydrogens (primary N) is 1. The Kier molecular flexibility index (Phi) is 7.10. The first-order valence-corrected chi connectivity index (χ1v) is 8.75. The lowest BCUT2D eigenvalue weighted by Gasteiger charge is -2.35. The number of hydrogen-bond donors (Lipinski definition) is 1. The van der Waals surface area contributed by atoms with Gasteiger partial charge in [-0.3, -0.25) is 9.59 Å². The van der Waals surface area contributed by atoms with E-state index in [9.17, 15) is 14.0 Å². The number of piperazine rings is 1. The minimum Gasteiger partial charge on any atom is -0.496 e. The number of carbonyl (C=O) groups excluding carboxylic acids is 2. The molecule has 9 heteroatoms. The van der Waals surface area contributed by atoms with Gasteiger partial charge in [-0.1, -0.05) is 11.6 Å². The second-order valence-electron chi connectivity index (χ2n) is 6.17. The molecule has 2 N–H and O–H groups in total. The van der Waals surface area contributed by atoms with Crippen molar-refractivity contribution < 1.29 is 18.7 Å². The topological polar surface area (TPSA) is 75.9 Å². The molecule has 0 radical (unpaired) electrons. The van der Waals surface area contributed by atoms with Gasteiger partial charge in [0.25, 0.3) is 11.8 Å². The molecule has 0 aromatic heterocycles. The molecular weight excluding hydrogens is 408 g/mol. The zero-order valence-corrected chi connectivity index (χ0v) is 16.7. The average molecular weight is 428 g/mol. The van der Waals surface area contributed by atoms with Crippen molar-refractivity contribution in [2.75, 3.05) is 39.0 Å². The van der Waals surface area contributed by atoms with Gasteiger partial charge in [-0.05, 0) is 30.3 Å². The molecule has 1 aliphatic heterocycles. The number of amides is 2. The van der Waals surface area contributed by atoms with Crippen LogP contribution in [-0.2, 0) is 0 Å². The molecule has 28 heavy (non-hydrogen) atoms. The SMILES string of the molecule is COc1cc(N)c(Cl)cc1C(=O)N1CCN(C(=O)c2ccc(F)cc2)CC1.Cl. The highest BCUT2D eigenvalue weighted by Gasteiger charge is 2.27. The predicted octanol–water partition coefficient (Wildman–Crippen LogP) is 3.09. The first kappa shape index (κ1) is 21.8. The summed E-state index contributed by atoms with van der Waals surface area (Å²) < 4.78 is 18.3. The number of carbonyl (C=O) groups is 2. The maximum atomic E-state index is 13.0. The second kappa shape index (κ2) is 9.12. The van der Waals surface area contributed by atoms with Crippen molar-refractivity contribution in [2.24, 2.45) is 0 Å². The van der Waals surface area contributed by atoms with E-state index in [1.807, 2.05) is 0 Å². The van der Waals surface area contributed by atoms with Gasteiger partial charge in [0.05, 0.1) is 23.4 Å². The molecule has 0 saturated carbocycles. The van der Waals surface area contributed by atoms with E-state index >= 15 is 0 Å². The third kappa shape index (κ3) is 4.48. The minimum atomic E-state index is -0.391. The summed E-state index contributed by atoms with van der Waals surface area (Å²) in [7, 11) is 1.46. The highest BCUT2D eigenvalue weighted by atomic mass is 35.5. The molecule has 2 aromatic rings. The number of anilines is 1. The molecule has 1 heterocycles. The molecule has 2 aromatic carbocycles. The second-order valence-corrected chi connectivity index (χ2v) is 6.57. The summed E-state index contributed by atoms with van der Waals surface area (Å²) in [6.07, 6.45) is 0. The van der Waals surface area contributed by atoms with Crippen LogP contribution in [0.1, 0.15) is 20.7 Å². The van der Waals surface area contributed by atoms with E-state index in [0.29, 0.717) is 48.7 Å². The van der Waals surface area contributed by atoms with E-state index in [2.05, 4.69) is 0 Å². The molecule has 0 unspecified atom stereocenters. The van der Waals surface area contributed by atoms with E-state index in [1.54, 1.807) is 9.80 Å². The summed E-state index contributed by atoms with van der Waals surface area (Å²) in [6.45, 7) is 1.51. The molecule has 1 saturated heterocycles. The number of nitrogen functional groups attached to an aromatic ring is 1. The van der Waals surface area contributed by atoms with E-state index < -0.39 is 5.82 Å². The zero-order chi connectivity index (χ0) is 19.6. The van der Waals surface area contributed by atoms with Gasteiger partial charge in [0, 0.05) is 37.8 Å². The molecule has 1 aliphatic rings. The van der Waals surface area contributed by atoms with Crippen LogP contribution < -0.4 is 10.5 Å². The van der Waals surface area contributed by atoms with Crippen LogP contribution in [-0.4, -0.2) is 54.9 Å². The Hall–Kier alpha value is -2.51. The fraction of sp³-hybridized carbons (Fsp3) is 0.263. The molecule has 150 valence electrons. The smallest absolute Gasteiger partial charge is 0.257 e. The Morgan fingerprint density at radius 2 is 1.57 bits per heavy atom. The highest BCUT2D eigenvalue weighted by Crippen LogP contribution is 2.30. The van der Waals surface area contributed by atoms with E-state index in [0.717, 1.165) is 0 Å². The monoisotopic (exact) mass is 427 g/mol. The van der Waals surface area contributed by atoms with Gasteiger partial charge in [-0.25, -0.2) is 4.39 Å². The molecule has 0 aliphatic carbocycles. The van der Waals surface area contributed by atoms with Crippen molar-refractivity contribution in [3.8, 4) is 5.75 Å². The quantitative estimate of drug-likeness (QED) is 0.763. The fourth-order valence-electron chi connectivity index (χ4n) is 2.96. The highest BCUT2D eigenvalue weighted by molar-refractivity contribution is 6.33. The van der Waals surface area contributed by atoms with Crippen LogP contribution in [0.25, 0.3) is 0 Å². The molecule has 6 nitrogen and oxygen atoms in total. The van der Waals surface area contributed by atoms with Crippen LogP contribution in [0.2, 0.25) is 5.02 Å². The molecular formula is C19H20Cl2FN3O3. The standard InChI is InChI=1S/C19H19ClFN3O3.ClH/c1-27-17-11-16(22)15(20)10-14(17)19(26)24-8-6-23(7-9-24)18(25)12-2-4-13(21)5-3-12;/h2-5,10-11H,6-9,22H2,1H3;1H. The number of nitrogens with zero attached hydrogens (tertiary/aromatic N) is 2. The van der Waals surface area contributed by atoms with Crippen molar-refractivity contribution in [3.05, 3.63) is 58.4 Å². The number of rotatable bonds is 3. The largest absolute Gasteiger partial charge is 0.496 e. The average Bonchev–Trinajstić information content (AvgIpc) is 2.69. The van der Waals surface area contributed by atoms with E-state index in [-0.39, 0.29) is 29.2 Å². The normalized spacial score (nSPS) is 13.7. The molecule has 3 rings (SSSR count). The van der Waals surface area contributed by atoms with Crippen molar-refractivity contribution >= 4 is 41.5 Å². The Morgan fingerprint density at radius 3 is 2.11 bits per heavy atom. The van der Waals surface area contributed by atoms with E-state index in [4.69, 9.17) is 22.1 Å². The molecule has 2 amide bonds. The van der Waals surface area contributed by atoms with Gasteiger partial charge in [-0.15, -0.1) is 12.4 Å². The van der Waals surface area contributed by atoms with Gasteiger partial charge in [-0.2, -0.15) is 0 Å². The van der Waals surface area contributed by atoms with Crippen LogP contribution in [0.4, 0.5) is 10.1 Å². The Labute approximate surface area is 173 Å². The maximum Gasteiger partial charge on any atom is 0.257 e. The third-order valence-electron chi connectivity index (χ3n) is 4.49. The Bertz CT molecular complexity index is 869. The first-order chi connectivity index (χ1) is 12.9. The fourth-order valence-corrected chi connectivity index (χ4v) is 3.13. The van der Waals surface area contributed by atoms with Crippen LogP contribution in [0.5, 0.6) is 5.75 Å². The van der Waals surface area contributed by atoms with Crippen LogP contribution >= 0.6 is 24.0 Å². The van der Waals surface area contributed by atoms with Crippen molar-refractivity contribution in [3.63, 3.8) is 0 Å². The van der Waals surface area contributed by atoms with Crippen LogP contribution in [0.3, 0.4) is 0 Å². The summed E-state index contributed by atoms with van der Waals surface area (Å²) in [6, 6.07) is 8.43. The Morgan fingerprint density at radius 1 is 1.04 bits per heavy atom. The lowest BCUT2D eigenvalue weighted by molar-refractivity contribution is 0.0533. The number of ether oxygens (including phenoxy) is 1. The lowest BCUT2D eigenvalue weighted by Crippen LogP contribution is -2.50. The van der Waals surface area contributed by atoms with Crippen molar-refractivity contribution in [1.29, 1.82) is 0 Å². The first-order valence-electron chi connectivity index (χ1n) is 8.38. The summed E-state index contributed by atoms with van der Waals surface area (Å²) in [5.74, 6) is -0.456. The molecule has 0 bridgehead atoms. The van der Waals surface area contributed by atoms with Crippen LogP contribution in [0, 0.1) is 5.82 Å². The summed E-state index contributed by atoms with van der Waals surface area (Å²) >= 11 is 6.04. The number of hydrogen-bond acceptors (Lipinski definition) is 4. The van der Waals surface area contributed by atoms with Crippen molar-refractivity contribution in [2.45, 2.75) is 0 Å². The molecule has 1 fully saturated rings. The summed E-state index contributed by atoms with van der Waals surface area (Å²) in [4.78, 5) is 28.6. The van der Waals surface area contributed by atoms with Gasteiger partial charge in [0.15, 0.2) is 0 Å². The summed E-state index contributed by atoms with van der Waals surface area (Å²) in [5.41, 5.74) is 6.84. The van der Waals surface area contributed by atoms with Gasteiger partial charge < -0.3 is 20.3 Å². The number of benzene rings is 2. The van der Waals surface area contributed by atoms with Gasteiger partial charge in [0.1, 0.15) is 11.6 Å². The number of methoxy groups -OCH3 is 1. The summed E-state index contributed by atoms with van der Waals surface area (Å²) in [5, 5.41) is 0.282. The zero-order valence-electron chi connectivity index (χ0n) is 15.2. The maximum absolute atomic E-state index is 13.0. The van der Waals surface area contributed by atoms with E-state index in [1.165, 1.54) is 43.5 Å². The lowest BCUT2D eigenvalue weighted by atomic mass is 10.1. The van der Waals surface area contributed by atoms with Crippen LogP contribution in [0.15, 0.2) is 36.4 Å². The predicted molar refractivity (Wildman–Crippen MR) is 108 cm³/mol. The van der Waals surface area contributed by atoms with Gasteiger partial charge in [0.2, 0.25) is 0 Å². The Balaban J connectivity index is 0.00000280. The minimum absolute atomic E-state index is 0.